The maximum Gasteiger partial charge on any atom is 0.242 e. The number of hydrogen-bond acceptors (Lipinski definition) is 1. The molecule has 90 valence electrons. The molecular weight excluding hydrogens is 236 g/mol. The van der Waals surface area contributed by atoms with Gasteiger partial charge in [0.2, 0.25) is 5.91 Å². The molecule has 1 N–H and O–H groups in total. The van der Waals surface area contributed by atoms with Gasteiger partial charge in [0.1, 0.15) is 5.38 Å². The number of anilines is 1. The van der Waals surface area contributed by atoms with E-state index in [1.165, 1.54) is 5.69 Å². The number of fused-ring (bicyclic) bond motifs is 1. The first-order valence-electron chi connectivity index (χ1n) is 5.50. The number of halogens is 1. The largest absolute Gasteiger partial charge is 0.348 e. The molecule has 0 aliphatic heterocycles. The summed E-state index contributed by atoms with van der Waals surface area (Å²) >= 11 is 5.71. The predicted molar refractivity (Wildman–Crippen MR) is 71.6 cm³/mol. The highest BCUT2D eigenvalue weighted by molar-refractivity contribution is 6.32. The Morgan fingerprint density at radius 2 is 2.12 bits per heavy atom. The van der Waals surface area contributed by atoms with Crippen LogP contribution in [0.4, 0.5) is 5.69 Å². The van der Waals surface area contributed by atoms with Gasteiger partial charge in [-0.2, -0.15) is 0 Å². The molecule has 2 rings (SSSR count). The highest BCUT2D eigenvalue weighted by Crippen LogP contribution is 2.22. The predicted octanol–water partition coefficient (Wildman–Crippen LogP) is 3.05. The molecule has 1 atom stereocenters. The zero-order valence-electron chi connectivity index (χ0n) is 10.1. The van der Waals surface area contributed by atoms with Crippen LogP contribution in [0.5, 0.6) is 0 Å². The van der Waals surface area contributed by atoms with Gasteiger partial charge in [-0.1, -0.05) is 0 Å². The van der Waals surface area contributed by atoms with Crippen LogP contribution in [0.2, 0.25) is 0 Å². The first kappa shape index (κ1) is 12.0. The van der Waals surface area contributed by atoms with E-state index >= 15 is 0 Å². The van der Waals surface area contributed by atoms with Crippen molar-refractivity contribution in [1.29, 1.82) is 0 Å². The molecule has 1 heterocycles. The van der Waals surface area contributed by atoms with Crippen LogP contribution in [0.3, 0.4) is 0 Å². The number of aryl methyl sites for hydroxylation is 2. The molecule has 0 fully saturated rings. The van der Waals surface area contributed by atoms with Gasteiger partial charge in [0, 0.05) is 29.3 Å². The Bertz CT molecular complexity index is 572. The lowest BCUT2D eigenvalue weighted by molar-refractivity contribution is -0.115. The second-order valence-electron chi connectivity index (χ2n) is 4.22. The van der Waals surface area contributed by atoms with E-state index in [-0.39, 0.29) is 5.91 Å². The van der Waals surface area contributed by atoms with Crippen LogP contribution >= 0.6 is 11.6 Å². The van der Waals surface area contributed by atoms with Crippen molar-refractivity contribution in [2.45, 2.75) is 19.2 Å². The summed E-state index contributed by atoms with van der Waals surface area (Å²) in [7, 11) is 2.02. The maximum absolute atomic E-state index is 11.5. The van der Waals surface area contributed by atoms with Crippen LogP contribution in [-0.2, 0) is 11.8 Å². The van der Waals surface area contributed by atoms with Gasteiger partial charge in [-0.25, -0.2) is 0 Å². The summed E-state index contributed by atoms with van der Waals surface area (Å²) in [4.78, 5) is 11.5. The molecule has 1 aromatic carbocycles. The minimum absolute atomic E-state index is 0.182. The lowest BCUT2D eigenvalue weighted by Gasteiger charge is -2.06. The molecule has 17 heavy (non-hydrogen) atoms. The van der Waals surface area contributed by atoms with E-state index in [1.807, 2.05) is 25.2 Å². The molecule has 2 aromatic rings. The number of nitrogens with one attached hydrogen (secondary N) is 1. The van der Waals surface area contributed by atoms with Gasteiger partial charge in [-0.15, -0.1) is 11.6 Å². The summed E-state index contributed by atoms with van der Waals surface area (Å²) in [5.74, 6) is -0.182. The van der Waals surface area contributed by atoms with Crippen molar-refractivity contribution >= 4 is 34.1 Å². The number of amides is 1. The normalized spacial score (nSPS) is 12.7. The zero-order valence-corrected chi connectivity index (χ0v) is 10.9. The Labute approximate surface area is 105 Å². The topological polar surface area (TPSA) is 34.0 Å². The van der Waals surface area contributed by atoms with Crippen molar-refractivity contribution < 1.29 is 4.79 Å². The van der Waals surface area contributed by atoms with Gasteiger partial charge in [0.05, 0.1) is 0 Å². The molecule has 3 nitrogen and oxygen atoms in total. The second-order valence-corrected chi connectivity index (χ2v) is 4.88. The van der Waals surface area contributed by atoms with Crippen LogP contribution in [-0.4, -0.2) is 15.9 Å². The summed E-state index contributed by atoms with van der Waals surface area (Å²) in [5.41, 5.74) is 3.12. The average Bonchev–Trinajstić information content (AvgIpc) is 2.54. The first-order valence-corrected chi connectivity index (χ1v) is 5.93. The number of carbonyl (C=O) groups is 1. The molecule has 0 spiro atoms. The molecular formula is C13H15ClN2O. The third-order valence-electron chi connectivity index (χ3n) is 2.91. The SMILES string of the molecule is Cc1cc2cc(NC(=O)C(C)Cl)ccc2n1C. The maximum atomic E-state index is 11.5. The van der Waals surface area contributed by atoms with E-state index < -0.39 is 5.38 Å². The van der Waals surface area contributed by atoms with Crippen LogP contribution in [0, 0.1) is 6.92 Å². The van der Waals surface area contributed by atoms with Gasteiger partial charge < -0.3 is 9.88 Å². The van der Waals surface area contributed by atoms with E-state index in [2.05, 4.69) is 22.9 Å². The van der Waals surface area contributed by atoms with Crippen LogP contribution in [0.25, 0.3) is 10.9 Å². The highest BCUT2D eigenvalue weighted by Gasteiger charge is 2.10. The minimum Gasteiger partial charge on any atom is -0.348 e. The van der Waals surface area contributed by atoms with Crippen molar-refractivity contribution in [1.82, 2.24) is 4.57 Å². The fraction of sp³-hybridized carbons (Fsp3) is 0.308. The standard InChI is InChI=1S/C13H15ClN2O/c1-8-6-10-7-11(15-13(17)9(2)14)4-5-12(10)16(8)3/h4-7,9H,1-3H3,(H,15,17). The molecule has 1 aromatic heterocycles. The lowest BCUT2D eigenvalue weighted by atomic mass is 10.2. The van der Waals surface area contributed by atoms with Crippen molar-refractivity contribution in [3.63, 3.8) is 0 Å². The smallest absolute Gasteiger partial charge is 0.242 e. The molecule has 0 saturated heterocycles. The monoisotopic (exact) mass is 250 g/mol. The number of rotatable bonds is 2. The third-order valence-corrected chi connectivity index (χ3v) is 3.11. The Hall–Kier alpha value is -1.48. The quantitative estimate of drug-likeness (QED) is 0.817. The number of benzene rings is 1. The third kappa shape index (κ3) is 2.29. The molecule has 0 aliphatic carbocycles. The zero-order chi connectivity index (χ0) is 12.6. The Balaban J connectivity index is 2.35. The number of alkyl halides is 1. The van der Waals surface area contributed by atoms with E-state index in [4.69, 9.17) is 11.6 Å². The Morgan fingerprint density at radius 1 is 1.41 bits per heavy atom. The number of nitrogens with zero attached hydrogens (tertiary/aromatic N) is 1. The number of hydrogen-bond donors (Lipinski definition) is 1. The van der Waals surface area contributed by atoms with E-state index in [1.54, 1.807) is 6.92 Å². The van der Waals surface area contributed by atoms with Crippen molar-refractivity contribution in [3.8, 4) is 0 Å². The molecule has 0 saturated carbocycles. The molecule has 0 aliphatic rings. The summed E-state index contributed by atoms with van der Waals surface area (Å²) < 4.78 is 2.12. The summed E-state index contributed by atoms with van der Waals surface area (Å²) in [6.45, 7) is 3.71. The Morgan fingerprint density at radius 3 is 2.76 bits per heavy atom. The summed E-state index contributed by atoms with van der Waals surface area (Å²) in [6, 6.07) is 7.93. The van der Waals surface area contributed by atoms with Crippen LogP contribution in [0.15, 0.2) is 24.3 Å². The van der Waals surface area contributed by atoms with Gasteiger partial charge in [0.25, 0.3) is 0 Å². The molecule has 1 unspecified atom stereocenters. The van der Waals surface area contributed by atoms with Crippen LogP contribution < -0.4 is 5.32 Å². The van der Waals surface area contributed by atoms with E-state index in [0.717, 1.165) is 16.6 Å². The molecule has 4 heteroatoms. The van der Waals surface area contributed by atoms with Gasteiger partial charge in [0.15, 0.2) is 0 Å². The van der Waals surface area contributed by atoms with Crippen molar-refractivity contribution in [2.24, 2.45) is 7.05 Å². The molecule has 0 radical (unpaired) electrons. The van der Waals surface area contributed by atoms with Crippen LogP contribution in [0.1, 0.15) is 12.6 Å². The van der Waals surface area contributed by atoms with Crippen molar-refractivity contribution in [3.05, 3.63) is 30.0 Å². The molecule has 1 amide bonds. The first-order chi connectivity index (χ1) is 7.99. The highest BCUT2D eigenvalue weighted by atomic mass is 35.5. The van der Waals surface area contributed by atoms with Crippen molar-refractivity contribution in [2.75, 3.05) is 5.32 Å². The number of carbonyl (C=O) groups excluding carboxylic acids is 1. The molecule has 0 bridgehead atoms. The summed E-state index contributed by atoms with van der Waals surface area (Å²) in [6.07, 6.45) is 0. The van der Waals surface area contributed by atoms with E-state index in [0.29, 0.717) is 0 Å². The van der Waals surface area contributed by atoms with E-state index in [9.17, 15) is 4.79 Å². The Kier molecular flexibility index (Phi) is 3.11. The van der Waals surface area contributed by atoms with Gasteiger partial charge >= 0.3 is 0 Å². The fourth-order valence-corrected chi connectivity index (χ4v) is 1.86. The fourth-order valence-electron chi connectivity index (χ4n) is 1.81. The summed E-state index contributed by atoms with van der Waals surface area (Å²) in [5, 5.41) is 3.37. The van der Waals surface area contributed by atoms with Gasteiger partial charge in [-0.05, 0) is 38.1 Å². The number of aromatic nitrogens is 1. The average molecular weight is 251 g/mol. The van der Waals surface area contributed by atoms with Gasteiger partial charge in [-0.3, -0.25) is 4.79 Å². The second kappa shape index (κ2) is 4.41. The minimum atomic E-state index is -0.525. The lowest BCUT2D eigenvalue weighted by Crippen LogP contribution is -2.20.